The van der Waals surface area contributed by atoms with E-state index in [1.807, 2.05) is 19.9 Å². The Hall–Kier alpha value is -2.53. The van der Waals surface area contributed by atoms with Crippen LogP contribution in [0.15, 0.2) is 52.5 Å². The summed E-state index contributed by atoms with van der Waals surface area (Å²) in [5.41, 5.74) is 3.00. The monoisotopic (exact) mass is 416 g/mol. The number of carbonyl (C=O) groups is 1. The molecule has 2 N–H and O–H groups in total. The number of hydrogen-bond acceptors (Lipinski definition) is 4. The molecule has 0 radical (unpaired) electrons. The maximum absolute atomic E-state index is 12.5. The topological polar surface area (TPSA) is 66.8 Å². The average Bonchev–Trinajstić information content (AvgIpc) is 2.61. The first-order chi connectivity index (χ1) is 12.3. The Kier molecular flexibility index (Phi) is 6.64. The molecule has 2 rings (SSSR count). The van der Waals surface area contributed by atoms with Gasteiger partial charge in [0.05, 0.1) is 11.6 Å². The van der Waals surface area contributed by atoms with Crippen LogP contribution in [0.25, 0.3) is 6.08 Å². The number of phenols is 2. The molecule has 4 nitrogen and oxygen atoms in total. The van der Waals surface area contributed by atoms with Crippen LogP contribution in [0.2, 0.25) is 0 Å². The molecule has 26 heavy (non-hydrogen) atoms. The second-order valence-electron chi connectivity index (χ2n) is 6.07. The van der Waals surface area contributed by atoms with E-state index in [1.165, 1.54) is 25.3 Å². The number of ether oxygens (including phenoxy) is 1. The van der Waals surface area contributed by atoms with Gasteiger partial charge in [-0.2, -0.15) is 0 Å². The van der Waals surface area contributed by atoms with Crippen molar-refractivity contribution in [1.29, 1.82) is 0 Å². The lowest BCUT2D eigenvalue weighted by molar-refractivity contribution is 0.104. The van der Waals surface area contributed by atoms with Crippen molar-refractivity contribution in [3.8, 4) is 17.2 Å². The molecule has 0 heterocycles. The van der Waals surface area contributed by atoms with Crippen LogP contribution in [0, 0.1) is 0 Å². The molecule has 0 spiro atoms. The summed E-state index contributed by atoms with van der Waals surface area (Å²) in [6.07, 6.45) is 5.64. The summed E-state index contributed by atoms with van der Waals surface area (Å²) in [5, 5.41) is 19.7. The summed E-state index contributed by atoms with van der Waals surface area (Å²) in [4.78, 5) is 12.5. The van der Waals surface area contributed by atoms with Gasteiger partial charge >= 0.3 is 0 Å². The van der Waals surface area contributed by atoms with E-state index in [0.29, 0.717) is 33.3 Å². The molecule has 0 saturated heterocycles. The number of aromatic hydroxyl groups is 2. The van der Waals surface area contributed by atoms with Gasteiger partial charge in [0.2, 0.25) is 0 Å². The molecule has 0 saturated carbocycles. The number of methoxy groups -OCH3 is 1. The van der Waals surface area contributed by atoms with Crippen molar-refractivity contribution in [2.75, 3.05) is 7.11 Å². The molecule has 0 aliphatic carbocycles. The van der Waals surface area contributed by atoms with Gasteiger partial charge < -0.3 is 14.9 Å². The molecule has 0 bridgehead atoms. The molecule has 136 valence electrons. The summed E-state index contributed by atoms with van der Waals surface area (Å²) in [5.74, 6) is 0.513. The predicted octanol–water partition coefficient (Wildman–Crippen LogP) is 5.27. The number of ketones is 1. The van der Waals surface area contributed by atoms with Gasteiger partial charge in [-0.15, -0.1) is 0 Å². The van der Waals surface area contributed by atoms with E-state index in [2.05, 4.69) is 15.9 Å². The van der Waals surface area contributed by atoms with E-state index >= 15 is 0 Å². The summed E-state index contributed by atoms with van der Waals surface area (Å²) in [6.45, 7) is 3.97. The number of benzene rings is 2. The number of halogens is 1. The number of rotatable bonds is 6. The highest BCUT2D eigenvalue weighted by Crippen LogP contribution is 2.32. The molecule has 2 aromatic rings. The minimum absolute atomic E-state index is 0.0628. The maximum atomic E-state index is 12.5. The Morgan fingerprint density at radius 1 is 1.15 bits per heavy atom. The highest BCUT2D eigenvalue weighted by atomic mass is 79.9. The zero-order valence-corrected chi connectivity index (χ0v) is 16.5. The first-order valence-electron chi connectivity index (χ1n) is 8.06. The van der Waals surface area contributed by atoms with Crippen molar-refractivity contribution >= 4 is 27.8 Å². The predicted molar refractivity (Wildman–Crippen MR) is 107 cm³/mol. The smallest absolute Gasteiger partial charge is 0.185 e. The molecule has 0 fully saturated rings. The van der Waals surface area contributed by atoms with Crippen LogP contribution in [0.5, 0.6) is 17.2 Å². The molecule has 0 amide bonds. The third-order valence-corrected chi connectivity index (χ3v) is 4.44. The molecule has 2 aromatic carbocycles. The summed E-state index contributed by atoms with van der Waals surface area (Å²) < 4.78 is 5.74. The first kappa shape index (κ1) is 19.8. The number of phenolic OH excluding ortho intramolecular Hbond substituents is 2. The van der Waals surface area contributed by atoms with Gasteiger partial charge in [0, 0.05) is 17.2 Å². The van der Waals surface area contributed by atoms with Crippen LogP contribution in [-0.2, 0) is 6.42 Å². The second kappa shape index (κ2) is 8.72. The lowest BCUT2D eigenvalue weighted by Gasteiger charge is -2.07. The van der Waals surface area contributed by atoms with E-state index in [9.17, 15) is 15.0 Å². The zero-order valence-electron chi connectivity index (χ0n) is 14.9. The van der Waals surface area contributed by atoms with Gasteiger partial charge in [0.25, 0.3) is 0 Å². The van der Waals surface area contributed by atoms with E-state index in [-0.39, 0.29) is 17.3 Å². The first-order valence-corrected chi connectivity index (χ1v) is 8.85. The Morgan fingerprint density at radius 3 is 2.54 bits per heavy atom. The SMILES string of the molecule is COc1cc(O)c(Br)cc1/C=C/C(=O)c1ccc(O)c(CC=C(C)C)c1. The van der Waals surface area contributed by atoms with Crippen LogP contribution >= 0.6 is 15.9 Å². The van der Waals surface area contributed by atoms with Gasteiger partial charge in [-0.25, -0.2) is 0 Å². The number of allylic oxidation sites excluding steroid dienone is 3. The molecule has 0 unspecified atom stereocenters. The molecule has 0 aromatic heterocycles. The van der Waals surface area contributed by atoms with Crippen molar-refractivity contribution in [3.05, 3.63) is 69.2 Å². The van der Waals surface area contributed by atoms with Crippen LogP contribution in [0.4, 0.5) is 0 Å². The van der Waals surface area contributed by atoms with Crippen molar-refractivity contribution in [3.63, 3.8) is 0 Å². The van der Waals surface area contributed by atoms with Gasteiger partial charge in [-0.1, -0.05) is 11.6 Å². The van der Waals surface area contributed by atoms with Crippen LogP contribution < -0.4 is 4.74 Å². The normalized spacial score (nSPS) is 10.8. The third-order valence-electron chi connectivity index (χ3n) is 3.81. The van der Waals surface area contributed by atoms with E-state index in [1.54, 1.807) is 24.3 Å². The fraction of sp³-hybridized carbons (Fsp3) is 0.190. The Labute approximate surface area is 161 Å². The lowest BCUT2D eigenvalue weighted by Crippen LogP contribution is -1.96. The highest BCUT2D eigenvalue weighted by molar-refractivity contribution is 9.10. The zero-order chi connectivity index (χ0) is 19.3. The van der Waals surface area contributed by atoms with E-state index < -0.39 is 0 Å². The van der Waals surface area contributed by atoms with Gasteiger partial charge in [0.15, 0.2) is 5.78 Å². The van der Waals surface area contributed by atoms with Crippen LogP contribution in [0.3, 0.4) is 0 Å². The Bertz CT molecular complexity index is 878. The fourth-order valence-corrected chi connectivity index (χ4v) is 2.70. The molecular formula is C21H21BrO4. The maximum Gasteiger partial charge on any atom is 0.185 e. The molecule has 0 aliphatic rings. The highest BCUT2D eigenvalue weighted by Gasteiger charge is 2.09. The second-order valence-corrected chi connectivity index (χ2v) is 6.93. The molecule has 0 atom stereocenters. The average molecular weight is 417 g/mol. The van der Waals surface area contributed by atoms with Crippen molar-refractivity contribution in [2.45, 2.75) is 20.3 Å². The number of carbonyl (C=O) groups excluding carboxylic acids is 1. The third kappa shape index (κ3) is 4.99. The summed E-state index contributed by atoms with van der Waals surface area (Å²) in [7, 11) is 1.50. The largest absolute Gasteiger partial charge is 0.508 e. The molecule has 5 heteroatoms. The van der Waals surface area contributed by atoms with E-state index in [0.717, 1.165) is 5.57 Å². The van der Waals surface area contributed by atoms with E-state index in [4.69, 9.17) is 4.74 Å². The molecule has 0 aliphatic heterocycles. The summed E-state index contributed by atoms with van der Waals surface area (Å²) in [6, 6.07) is 7.98. The quantitative estimate of drug-likeness (QED) is 0.382. The standard InChI is InChI=1S/C21H21BrO4/c1-13(2)4-5-14-10-15(6-8-18(14)23)19(24)9-7-16-11-17(22)20(25)12-21(16)26-3/h4,6-12,23,25H,5H2,1-3H3/b9-7+. The number of hydrogen-bond donors (Lipinski definition) is 2. The fourth-order valence-electron chi connectivity index (χ4n) is 2.34. The van der Waals surface area contributed by atoms with Crippen LogP contribution in [-0.4, -0.2) is 23.1 Å². The van der Waals surface area contributed by atoms with Crippen molar-refractivity contribution < 1.29 is 19.7 Å². The molecular weight excluding hydrogens is 396 g/mol. The lowest BCUT2D eigenvalue weighted by atomic mass is 10.0. The van der Waals surface area contributed by atoms with Crippen molar-refractivity contribution in [1.82, 2.24) is 0 Å². The van der Waals surface area contributed by atoms with Gasteiger partial charge in [0.1, 0.15) is 17.2 Å². The van der Waals surface area contributed by atoms with Crippen LogP contribution in [0.1, 0.15) is 35.3 Å². The minimum atomic E-state index is -0.185. The van der Waals surface area contributed by atoms with Crippen molar-refractivity contribution in [2.24, 2.45) is 0 Å². The summed E-state index contributed by atoms with van der Waals surface area (Å²) >= 11 is 3.25. The minimum Gasteiger partial charge on any atom is -0.508 e. The van der Waals surface area contributed by atoms with Gasteiger partial charge in [-0.3, -0.25) is 4.79 Å². The Morgan fingerprint density at radius 2 is 1.88 bits per heavy atom. The Balaban J connectivity index is 2.28. The van der Waals surface area contributed by atoms with Gasteiger partial charge in [-0.05, 0) is 78.2 Å².